The van der Waals surface area contributed by atoms with E-state index < -0.39 is 10.0 Å². The van der Waals surface area contributed by atoms with Gasteiger partial charge in [0.1, 0.15) is 11.5 Å². The average molecular weight is 608 g/mol. The van der Waals surface area contributed by atoms with Crippen LogP contribution in [0, 0.1) is 0 Å². The van der Waals surface area contributed by atoms with Crippen LogP contribution in [0.25, 0.3) is 11.3 Å². The number of nitrogens with one attached hydrogen (secondary N) is 1. The van der Waals surface area contributed by atoms with Gasteiger partial charge in [-0.2, -0.15) is 0 Å². The third-order valence-corrected chi connectivity index (χ3v) is 11.1. The topological polar surface area (TPSA) is 117 Å². The summed E-state index contributed by atoms with van der Waals surface area (Å²) in [6.07, 6.45) is 3.88. The fourth-order valence-electron chi connectivity index (χ4n) is 6.61. The molecule has 0 unspecified atom stereocenters. The monoisotopic (exact) mass is 607 g/mol. The number of hydrogen-bond donors (Lipinski definition) is 1. The Morgan fingerprint density at radius 1 is 1.07 bits per heavy atom. The Morgan fingerprint density at radius 2 is 1.79 bits per heavy atom. The van der Waals surface area contributed by atoms with Gasteiger partial charge in [-0.15, -0.1) is 0 Å². The number of carbonyl (C=O) groups excluding carboxylic acids is 1. The molecule has 43 heavy (non-hydrogen) atoms. The molecule has 1 spiro atoms. The minimum atomic E-state index is -4.26. The van der Waals surface area contributed by atoms with Crippen LogP contribution in [-0.2, 0) is 21.9 Å². The molecule has 12 heteroatoms. The second-order valence-corrected chi connectivity index (χ2v) is 13.9. The normalized spacial score (nSPS) is 20.7. The quantitative estimate of drug-likeness (QED) is 0.429. The van der Waals surface area contributed by atoms with E-state index >= 15 is 0 Å². The van der Waals surface area contributed by atoms with Crippen LogP contribution in [0.1, 0.15) is 47.7 Å². The van der Waals surface area contributed by atoms with Gasteiger partial charge in [0.2, 0.25) is 0 Å². The summed E-state index contributed by atoms with van der Waals surface area (Å²) >= 11 is 0. The Morgan fingerprint density at radius 3 is 2.40 bits per heavy atom. The van der Waals surface area contributed by atoms with Gasteiger partial charge in [-0.1, -0.05) is 11.2 Å². The van der Waals surface area contributed by atoms with Crippen molar-refractivity contribution in [3.05, 3.63) is 47.0 Å². The molecule has 1 saturated carbocycles. The third-order valence-electron chi connectivity index (χ3n) is 9.65. The van der Waals surface area contributed by atoms with E-state index in [0.717, 1.165) is 49.3 Å². The molecule has 3 aromatic rings. The van der Waals surface area contributed by atoms with Crippen molar-refractivity contribution in [1.29, 1.82) is 0 Å². The van der Waals surface area contributed by atoms with Crippen molar-refractivity contribution >= 4 is 27.4 Å². The van der Waals surface area contributed by atoms with Crippen molar-refractivity contribution in [1.82, 2.24) is 15.0 Å². The number of hydrogen-bond acceptors (Lipinski definition) is 9. The molecule has 2 aliphatic carbocycles. The first-order chi connectivity index (χ1) is 20.6. The van der Waals surface area contributed by atoms with E-state index in [9.17, 15) is 13.2 Å². The molecule has 1 N–H and O–H groups in total. The fraction of sp³-hybridized carbons (Fsp3) is 0.484. The standard InChI is InChI=1S/C31H37N5O6S/c1-19-18-36(13-12-34(19)2)30(37)20-14-25(40-3)28(26(15-20)41-4)43(38,39)33-29-23-17-31(8-9-31)24-7-6-21(35-10-5-11-35)16-22(24)27(23)42-32-29/h6-7,14-16,19H,5,8-13,17-18H2,1-4H3,(H,32,33)/t19-/m0/s1. The number of ether oxygens (including phenoxy) is 2. The van der Waals surface area contributed by atoms with Crippen LogP contribution >= 0.6 is 0 Å². The number of anilines is 2. The molecular formula is C31H37N5O6S. The number of sulfonamides is 1. The second-order valence-electron chi connectivity index (χ2n) is 12.3. The fourth-order valence-corrected chi connectivity index (χ4v) is 7.94. The van der Waals surface area contributed by atoms with Crippen LogP contribution in [0.3, 0.4) is 0 Å². The van der Waals surface area contributed by atoms with Gasteiger partial charge in [0.05, 0.1) is 14.2 Å². The SMILES string of the molecule is COc1cc(C(=O)N2CCN(C)[C@@H](C)C2)cc(OC)c1S(=O)(=O)Nc1noc2c1CC1(CC1)c1ccc(N3CCC3)cc1-2. The van der Waals surface area contributed by atoms with Crippen LogP contribution in [0.15, 0.2) is 39.8 Å². The lowest BCUT2D eigenvalue weighted by atomic mass is 9.79. The summed E-state index contributed by atoms with van der Waals surface area (Å²) < 4.78 is 47.5. The molecular weight excluding hydrogens is 570 g/mol. The summed E-state index contributed by atoms with van der Waals surface area (Å²) in [5.41, 5.74) is 4.39. The molecule has 3 fully saturated rings. The Kier molecular flexibility index (Phi) is 6.62. The first kappa shape index (κ1) is 28.0. The van der Waals surface area contributed by atoms with Crippen molar-refractivity contribution in [2.24, 2.45) is 0 Å². The Hall–Kier alpha value is -3.77. The van der Waals surface area contributed by atoms with Gasteiger partial charge in [0.15, 0.2) is 16.5 Å². The van der Waals surface area contributed by atoms with Crippen LogP contribution < -0.4 is 19.1 Å². The zero-order valence-corrected chi connectivity index (χ0v) is 25.8. The number of aromatic nitrogens is 1. The van der Waals surface area contributed by atoms with Gasteiger partial charge in [0, 0.05) is 66.6 Å². The summed E-state index contributed by atoms with van der Waals surface area (Å²) in [6, 6.07) is 9.68. The van der Waals surface area contributed by atoms with Gasteiger partial charge in [-0.3, -0.25) is 9.52 Å². The maximum atomic E-state index is 14.0. The van der Waals surface area contributed by atoms with E-state index in [0.29, 0.717) is 30.8 Å². The number of rotatable bonds is 7. The number of fused-ring (bicyclic) bond motifs is 4. The van der Waals surface area contributed by atoms with Crippen molar-refractivity contribution in [3.8, 4) is 22.8 Å². The van der Waals surface area contributed by atoms with Crippen LogP contribution in [0.5, 0.6) is 11.5 Å². The first-order valence-corrected chi connectivity index (χ1v) is 16.3. The Balaban J connectivity index is 1.22. The van der Waals surface area contributed by atoms with Crippen molar-refractivity contribution in [2.45, 2.75) is 49.0 Å². The molecule has 1 atom stereocenters. The molecule has 228 valence electrons. The molecule has 3 heterocycles. The van der Waals surface area contributed by atoms with E-state index in [2.05, 4.69) is 44.8 Å². The Labute approximate surface area is 251 Å². The molecule has 0 bridgehead atoms. The van der Waals surface area contributed by atoms with Crippen LogP contribution in [0.4, 0.5) is 11.5 Å². The molecule has 4 aliphatic rings. The average Bonchev–Trinajstić information content (AvgIpc) is 3.64. The molecule has 7 rings (SSSR count). The summed E-state index contributed by atoms with van der Waals surface area (Å²) in [5, 5.41) is 4.22. The summed E-state index contributed by atoms with van der Waals surface area (Å²) in [7, 11) is 0.527. The maximum Gasteiger partial charge on any atom is 0.270 e. The van der Waals surface area contributed by atoms with Gasteiger partial charge < -0.3 is 28.7 Å². The summed E-state index contributed by atoms with van der Waals surface area (Å²) in [4.78, 5) is 19.5. The van der Waals surface area contributed by atoms with E-state index in [4.69, 9.17) is 14.0 Å². The smallest absolute Gasteiger partial charge is 0.270 e. The van der Waals surface area contributed by atoms with E-state index in [-0.39, 0.29) is 39.6 Å². The largest absolute Gasteiger partial charge is 0.495 e. The zero-order chi connectivity index (χ0) is 30.1. The number of carbonyl (C=O) groups is 1. The number of methoxy groups -OCH3 is 2. The zero-order valence-electron chi connectivity index (χ0n) is 25.0. The highest BCUT2D eigenvalue weighted by molar-refractivity contribution is 7.93. The predicted molar refractivity (Wildman–Crippen MR) is 162 cm³/mol. The highest BCUT2D eigenvalue weighted by Crippen LogP contribution is 2.59. The highest BCUT2D eigenvalue weighted by atomic mass is 32.2. The number of piperazine rings is 1. The lowest BCUT2D eigenvalue weighted by Crippen LogP contribution is -2.52. The Bertz CT molecular complexity index is 1690. The highest BCUT2D eigenvalue weighted by Gasteiger charge is 2.51. The lowest BCUT2D eigenvalue weighted by Gasteiger charge is -2.37. The third kappa shape index (κ3) is 4.62. The van der Waals surface area contributed by atoms with Gasteiger partial charge in [-0.05, 0) is 69.5 Å². The van der Waals surface area contributed by atoms with Gasteiger partial charge >= 0.3 is 0 Å². The number of benzene rings is 2. The van der Waals surface area contributed by atoms with E-state index in [1.54, 1.807) is 4.90 Å². The van der Waals surface area contributed by atoms with E-state index in [1.807, 2.05) is 7.05 Å². The molecule has 1 amide bonds. The number of nitrogens with zero attached hydrogens (tertiary/aromatic N) is 4. The minimum Gasteiger partial charge on any atom is -0.495 e. The van der Waals surface area contributed by atoms with Crippen LogP contribution in [0.2, 0.25) is 0 Å². The first-order valence-electron chi connectivity index (χ1n) is 14.8. The van der Waals surface area contributed by atoms with E-state index in [1.165, 1.54) is 38.3 Å². The minimum absolute atomic E-state index is 0.0120. The van der Waals surface area contributed by atoms with Gasteiger partial charge in [-0.25, -0.2) is 8.42 Å². The summed E-state index contributed by atoms with van der Waals surface area (Å²) in [5.74, 6) is 0.590. The second kappa shape index (κ2) is 10.2. The van der Waals surface area contributed by atoms with Crippen molar-refractivity contribution in [3.63, 3.8) is 0 Å². The van der Waals surface area contributed by atoms with Crippen LogP contribution in [-0.4, -0.2) is 89.3 Å². The molecule has 11 nitrogen and oxygen atoms in total. The summed E-state index contributed by atoms with van der Waals surface area (Å²) in [6.45, 7) is 6.03. The lowest BCUT2D eigenvalue weighted by molar-refractivity contribution is 0.0571. The predicted octanol–water partition coefficient (Wildman–Crippen LogP) is 3.73. The maximum absolute atomic E-state index is 14.0. The molecule has 2 saturated heterocycles. The van der Waals surface area contributed by atoms with Gasteiger partial charge in [0.25, 0.3) is 15.9 Å². The molecule has 1 aromatic heterocycles. The molecule has 2 aromatic carbocycles. The van der Waals surface area contributed by atoms with Crippen molar-refractivity contribution in [2.75, 3.05) is 63.6 Å². The molecule has 2 aliphatic heterocycles. The molecule has 0 radical (unpaired) electrons. The number of likely N-dealkylation sites (N-methyl/N-ethyl adjacent to an activating group) is 1. The van der Waals surface area contributed by atoms with Crippen molar-refractivity contribution < 1.29 is 27.2 Å². The number of amides is 1.